The third kappa shape index (κ3) is 3.92. The van der Waals surface area contributed by atoms with E-state index in [4.69, 9.17) is 9.47 Å². The number of amides is 1. The van der Waals surface area contributed by atoms with Crippen molar-refractivity contribution >= 4 is 11.6 Å². The van der Waals surface area contributed by atoms with Gasteiger partial charge < -0.3 is 14.4 Å². The van der Waals surface area contributed by atoms with Crippen LogP contribution in [0.25, 0.3) is 0 Å². The maximum Gasteiger partial charge on any atom is 0.282 e. The van der Waals surface area contributed by atoms with E-state index in [2.05, 4.69) is 0 Å². The minimum atomic E-state index is -0.574. The number of hydrogen-bond acceptors (Lipinski definition) is 5. The average Bonchev–Trinajstić information content (AvgIpc) is 2.45. The number of rotatable bonds is 7. The summed E-state index contributed by atoms with van der Waals surface area (Å²) in [4.78, 5) is 24.1. The molecule has 7 heteroatoms. The van der Waals surface area contributed by atoms with E-state index in [1.807, 2.05) is 0 Å². The van der Waals surface area contributed by atoms with Crippen LogP contribution in [0.2, 0.25) is 0 Å². The number of carbonyl (C=O) groups excluding carboxylic acids is 1. The molecule has 7 nitrogen and oxygen atoms in total. The van der Waals surface area contributed by atoms with Gasteiger partial charge in [0.25, 0.3) is 11.6 Å². The van der Waals surface area contributed by atoms with Crippen molar-refractivity contribution in [3.05, 3.63) is 33.9 Å². The van der Waals surface area contributed by atoms with E-state index >= 15 is 0 Å². The van der Waals surface area contributed by atoms with Gasteiger partial charge >= 0.3 is 0 Å². The van der Waals surface area contributed by atoms with Crippen LogP contribution in [0.3, 0.4) is 0 Å². The maximum atomic E-state index is 12.3. The van der Waals surface area contributed by atoms with Crippen LogP contribution in [0.1, 0.15) is 16.8 Å². The largest absolute Gasteiger partial charge is 0.497 e. The Bertz CT molecular complexity index is 490. The SMILES string of the molecule is COCCCN(C)C(=O)c1cc(OC)ccc1[N+](=O)[O-]. The molecule has 1 aromatic carbocycles. The molecule has 0 aliphatic carbocycles. The Labute approximate surface area is 117 Å². The first kappa shape index (κ1) is 15.9. The number of methoxy groups -OCH3 is 2. The maximum absolute atomic E-state index is 12.3. The number of nitrogens with zero attached hydrogens (tertiary/aromatic N) is 2. The molecule has 0 heterocycles. The zero-order valence-corrected chi connectivity index (χ0v) is 11.8. The quantitative estimate of drug-likeness (QED) is 0.432. The van der Waals surface area contributed by atoms with Gasteiger partial charge in [0.2, 0.25) is 0 Å². The summed E-state index contributed by atoms with van der Waals surface area (Å²) in [5, 5.41) is 11.0. The fourth-order valence-electron chi connectivity index (χ4n) is 1.73. The van der Waals surface area contributed by atoms with Crippen LogP contribution >= 0.6 is 0 Å². The number of carbonyl (C=O) groups is 1. The molecule has 0 saturated heterocycles. The standard InChI is InChI=1S/C13H18N2O5/c1-14(7-4-8-19-2)13(16)11-9-10(20-3)5-6-12(11)15(17)18/h5-6,9H,4,7-8H2,1-3H3. The van der Waals surface area contributed by atoms with Crippen molar-refractivity contribution in [2.45, 2.75) is 6.42 Å². The molecule has 1 amide bonds. The summed E-state index contributed by atoms with van der Waals surface area (Å²) in [6, 6.07) is 4.11. The van der Waals surface area contributed by atoms with Gasteiger partial charge in [-0.25, -0.2) is 0 Å². The molecule has 20 heavy (non-hydrogen) atoms. The molecule has 0 atom stereocenters. The normalized spacial score (nSPS) is 10.2. The fourth-order valence-corrected chi connectivity index (χ4v) is 1.73. The zero-order chi connectivity index (χ0) is 15.1. The Kier molecular flexibility index (Phi) is 5.92. The van der Waals surface area contributed by atoms with E-state index in [9.17, 15) is 14.9 Å². The Morgan fingerprint density at radius 1 is 1.40 bits per heavy atom. The fraction of sp³-hybridized carbons (Fsp3) is 0.462. The molecule has 0 bridgehead atoms. The molecular formula is C13H18N2O5. The summed E-state index contributed by atoms with van der Waals surface area (Å²) in [6.45, 7) is 0.985. The van der Waals surface area contributed by atoms with Gasteiger partial charge in [-0.15, -0.1) is 0 Å². The summed E-state index contributed by atoms with van der Waals surface area (Å²) in [5.41, 5.74) is -0.205. The van der Waals surface area contributed by atoms with Gasteiger partial charge in [0, 0.05) is 33.4 Å². The monoisotopic (exact) mass is 282 g/mol. The molecule has 0 aliphatic rings. The van der Waals surface area contributed by atoms with Crippen molar-refractivity contribution in [1.29, 1.82) is 0 Å². The van der Waals surface area contributed by atoms with Crippen molar-refractivity contribution in [1.82, 2.24) is 4.90 Å². The van der Waals surface area contributed by atoms with Gasteiger partial charge in [0.05, 0.1) is 12.0 Å². The second-order valence-electron chi connectivity index (χ2n) is 4.21. The molecule has 0 aliphatic heterocycles. The van der Waals surface area contributed by atoms with Crippen molar-refractivity contribution in [2.75, 3.05) is 34.4 Å². The number of benzene rings is 1. The first-order valence-electron chi connectivity index (χ1n) is 6.08. The molecule has 0 saturated carbocycles. The summed E-state index contributed by atoms with van der Waals surface area (Å²) in [5.74, 6) is -0.00376. The third-order valence-corrected chi connectivity index (χ3v) is 2.82. The number of nitro benzene ring substituents is 1. The molecule has 0 aromatic heterocycles. The summed E-state index contributed by atoms with van der Waals surface area (Å²) in [6.07, 6.45) is 0.663. The lowest BCUT2D eigenvalue weighted by atomic mass is 10.1. The van der Waals surface area contributed by atoms with Crippen LogP contribution < -0.4 is 4.74 Å². The molecule has 1 rings (SSSR count). The lowest BCUT2D eigenvalue weighted by molar-refractivity contribution is -0.385. The van der Waals surface area contributed by atoms with E-state index in [1.165, 1.54) is 30.2 Å². The molecule has 0 radical (unpaired) electrons. The van der Waals surface area contributed by atoms with Crippen molar-refractivity contribution in [2.24, 2.45) is 0 Å². The highest BCUT2D eigenvalue weighted by Gasteiger charge is 2.23. The predicted molar refractivity (Wildman–Crippen MR) is 73.1 cm³/mol. The second-order valence-corrected chi connectivity index (χ2v) is 4.21. The molecular weight excluding hydrogens is 264 g/mol. The molecule has 0 unspecified atom stereocenters. The summed E-state index contributed by atoms with van der Waals surface area (Å²) < 4.78 is 9.91. The third-order valence-electron chi connectivity index (χ3n) is 2.82. The van der Waals surface area contributed by atoms with Crippen LogP contribution in [0.4, 0.5) is 5.69 Å². The van der Waals surface area contributed by atoms with E-state index in [0.29, 0.717) is 25.3 Å². The first-order valence-corrected chi connectivity index (χ1v) is 6.08. The molecule has 1 aromatic rings. The van der Waals surface area contributed by atoms with Gasteiger partial charge in [-0.2, -0.15) is 0 Å². The van der Waals surface area contributed by atoms with Gasteiger partial charge in [-0.3, -0.25) is 14.9 Å². The van der Waals surface area contributed by atoms with Crippen molar-refractivity contribution < 1.29 is 19.2 Å². The lowest BCUT2D eigenvalue weighted by Gasteiger charge is -2.17. The Morgan fingerprint density at radius 2 is 2.10 bits per heavy atom. The van der Waals surface area contributed by atoms with Gasteiger partial charge in [0.15, 0.2) is 0 Å². The first-order chi connectivity index (χ1) is 9.51. The smallest absolute Gasteiger partial charge is 0.282 e. The topological polar surface area (TPSA) is 81.9 Å². The average molecular weight is 282 g/mol. The summed E-state index contributed by atoms with van der Waals surface area (Å²) in [7, 11) is 4.62. The van der Waals surface area contributed by atoms with Gasteiger partial charge in [-0.1, -0.05) is 0 Å². The van der Waals surface area contributed by atoms with Gasteiger partial charge in [-0.05, 0) is 18.6 Å². The summed E-state index contributed by atoms with van der Waals surface area (Å²) >= 11 is 0. The number of nitro groups is 1. The Balaban J connectivity index is 2.97. The van der Waals surface area contributed by atoms with Crippen molar-refractivity contribution in [3.8, 4) is 5.75 Å². The predicted octanol–water partition coefficient (Wildman–Crippen LogP) is 1.71. The van der Waals surface area contributed by atoms with Crippen LogP contribution in [0.15, 0.2) is 18.2 Å². The van der Waals surface area contributed by atoms with Crippen LogP contribution in [0, 0.1) is 10.1 Å². The highest BCUT2D eigenvalue weighted by Crippen LogP contribution is 2.25. The Hall–Kier alpha value is -2.15. The highest BCUT2D eigenvalue weighted by atomic mass is 16.6. The second kappa shape index (κ2) is 7.44. The zero-order valence-electron chi connectivity index (χ0n) is 11.8. The molecule has 110 valence electrons. The van der Waals surface area contributed by atoms with Crippen LogP contribution in [-0.4, -0.2) is 50.1 Å². The lowest BCUT2D eigenvalue weighted by Crippen LogP contribution is -2.29. The van der Waals surface area contributed by atoms with Crippen molar-refractivity contribution in [3.63, 3.8) is 0 Å². The highest BCUT2D eigenvalue weighted by molar-refractivity contribution is 5.98. The minimum Gasteiger partial charge on any atom is -0.497 e. The van der Waals surface area contributed by atoms with Crippen LogP contribution in [0.5, 0.6) is 5.75 Å². The number of hydrogen-bond donors (Lipinski definition) is 0. The number of ether oxygens (including phenoxy) is 2. The van der Waals surface area contributed by atoms with E-state index < -0.39 is 10.8 Å². The molecule has 0 N–H and O–H groups in total. The van der Waals surface area contributed by atoms with E-state index in [-0.39, 0.29) is 11.3 Å². The molecule has 0 fully saturated rings. The minimum absolute atomic E-state index is 0.0225. The van der Waals surface area contributed by atoms with Gasteiger partial charge in [0.1, 0.15) is 11.3 Å². The Morgan fingerprint density at radius 3 is 2.65 bits per heavy atom. The van der Waals surface area contributed by atoms with Crippen LogP contribution in [-0.2, 0) is 4.74 Å². The van der Waals surface area contributed by atoms with E-state index in [0.717, 1.165) is 0 Å². The molecule has 0 spiro atoms. The van der Waals surface area contributed by atoms with E-state index in [1.54, 1.807) is 14.2 Å².